The van der Waals surface area contributed by atoms with Crippen molar-refractivity contribution < 1.29 is 14.7 Å². The van der Waals surface area contributed by atoms with Gasteiger partial charge in [0.05, 0.1) is 10.4 Å². The number of hydrogen-bond donors (Lipinski definition) is 2. The van der Waals surface area contributed by atoms with E-state index in [-0.39, 0.29) is 18.4 Å². The van der Waals surface area contributed by atoms with Crippen molar-refractivity contribution in [2.24, 2.45) is 11.8 Å². The van der Waals surface area contributed by atoms with E-state index in [0.717, 1.165) is 15.4 Å². The number of halogens is 1. The maximum Gasteiger partial charge on any atom is 0.308 e. The fourth-order valence-electron chi connectivity index (χ4n) is 2.87. The Balaban J connectivity index is 1.91. The summed E-state index contributed by atoms with van der Waals surface area (Å²) in [7, 11) is 0. The highest BCUT2D eigenvalue weighted by Gasteiger charge is 2.38. The van der Waals surface area contributed by atoms with Crippen LogP contribution in [0.3, 0.4) is 0 Å². The van der Waals surface area contributed by atoms with Crippen LogP contribution in [0.1, 0.15) is 17.4 Å². The molecular weight excluding hydrogens is 336 g/mol. The predicted octanol–water partition coefficient (Wildman–Crippen LogP) is 2.72. The van der Waals surface area contributed by atoms with Gasteiger partial charge in [0.1, 0.15) is 5.69 Å². The number of carboxylic acids is 1. The van der Waals surface area contributed by atoms with Crippen LogP contribution in [0.2, 0.25) is 0 Å². The van der Waals surface area contributed by atoms with Crippen LogP contribution < -0.4 is 0 Å². The molecule has 1 aliphatic rings. The number of aromatic nitrogens is 1. The molecule has 2 N–H and O–H groups in total. The second-order valence-corrected chi connectivity index (χ2v) is 6.28. The number of carbonyl (C=O) groups is 2. The second kappa shape index (κ2) is 5.18. The van der Waals surface area contributed by atoms with Gasteiger partial charge in [0, 0.05) is 24.0 Å². The van der Waals surface area contributed by atoms with Gasteiger partial charge in [-0.3, -0.25) is 9.59 Å². The summed E-state index contributed by atoms with van der Waals surface area (Å²) >= 11 is 3.46. The average molecular weight is 351 g/mol. The Morgan fingerprint density at radius 3 is 2.67 bits per heavy atom. The number of rotatable bonds is 2. The summed E-state index contributed by atoms with van der Waals surface area (Å²) in [4.78, 5) is 28.5. The van der Waals surface area contributed by atoms with E-state index in [4.69, 9.17) is 5.11 Å². The number of fused-ring (bicyclic) bond motifs is 1. The van der Waals surface area contributed by atoms with Crippen molar-refractivity contribution in [1.29, 1.82) is 0 Å². The molecule has 0 unspecified atom stereocenters. The van der Waals surface area contributed by atoms with E-state index < -0.39 is 11.9 Å². The van der Waals surface area contributed by atoms with Crippen LogP contribution in [-0.2, 0) is 4.79 Å². The lowest BCUT2D eigenvalue weighted by atomic mass is 9.99. The van der Waals surface area contributed by atoms with Gasteiger partial charge in [0.25, 0.3) is 5.91 Å². The van der Waals surface area contributed by atoms with Crippen molar-refractivity contribution >= 4 is 38.7 Å². The Kier molecular flexibility index (Phi) is 3.49. The van der Waals surface area contributed by atoms with E-state index in [1.54, 1.807) is 4.90 Å². The first-order valence-electron chi connectivity index (χ1n) is 6.77. The lowest BCUT2D eigenvalue weighted by Gasteiger charge is -2.15. The first-order valence-corrected chi connectivity index (χ1v) is 7.56. The van der Waals surface area contributed by atoms with Crippen LogP contribution in [0.4, 0.5) is 0 Å². The van der Waals surface area contributed by atoms with Crippen molar-refractivity contribution in [3.63, 3.8) is 0 Å². The number of H-pyrrole nitrogens is 1. The molecule has 6 heteroatoms. The van der Waals surface area contributed by atoms with E-state index in [2.05, 4.69) is 20.9 Å². The highest BCUT2D eigenvalue weighted by molar-refractivity contribution is 9.10. The molecule has 21 heavy (non-hydrogen) atoms. The van der Waals surface area contributed by atoms with Crippen molar-refractivity contribution in [2.45, 2.75) is 6.92 Å². The molecule has 0 saturated carbocycles. The Labute approximate surface area is 130 Å². The maximum atomic E-state index is 12.6. The maximum absolute atomic E-state index is 12.6. The molecular formula is C15H15BrN2O3. The zero-order valence-corrected chi connectivity index (χ0v) is 13.1. The van der Waals surface area contributed by atoms with Crippen LogP contribution >= 0.6 is 15.9 Å². The number of para-hydroxylation sites is 1. The van der Waals surface area contributed by atoms with Gasteiger partial charge < -0.3 is 15.0 Å². The Morgan fingerprint density at radius 2 is 2.05 bits per heavy atom. The lowest BCUT2D eigenvalue weighted by molar-refractivity contribution is -0.142. The minimum Gasteiger partial charge on any atom is -0.481 e. The number of amides is 1. The van der Waals surface area contributed by atoms with Gasteiger partial charge in [-0.2, -0.15) is 0 Å². The average Bonchev–Trinajstić information content (AvgIpc) is 3.00. The zero-order chi connectivity index (χ0) is 15.1. The van der Waals surface area contributed by atoms with E-state index in [1.807, 2.05) is 31.2 Å². The highest BCUT2D eigenvalue weighted by atomic mass is 79.9. The Hall–Kier alpha value is -1.82. The Morgan fingerprint density at radius 1 is 1.33 bits per heavy atom. The molecule has 1 fully saturated rings. The first kappa shape index (κ1) is 14.1. The molecule has 110 valence electrons. The van der Waals surface area contributed by atoms with Crippen LogP contribution in [0.5, 0.6) is 0 Å². The van der Waals surface area contributed by atoms with Crippen LogP contribution in [0.15, 0.2) is 28.7 Å². The minimum absolute atomic E-state index is 0.0328. The number of aromatic amines is 1. The number of carbonyl (C=O) groups excluding carboxylic acids is 1. The molecule has 0 radical (unpaired) electrons. The number of carboxylic acid groups (broad SMARTS) is 1. The summed E-state index contributed by atoms with van der Waals surface area (Å²) in [5, 5.41) is 10.1. The van der Waals surface area contributed by atoms with Gasteiger partial charge in [-0.1, -0.05) is 25.1 Å². The third-order valence-electron chi connectivity index (χ3n) is 4.07. The molecule has 2 aromatic rings. The molecule has 0 spiro atoms. The summed E-state index contributed by atoms with van der Waals surface area (Å²) in [6, 6.07) is 7.65. The zero-order valence-electron chi connectivity index (χ0n) is 11.5. The largest absolute Gasteiger partial charge is 0.481 e. The van der Waals surface area contributed by atoms with E-state index in [1.165, 1.54) is 0 Å². The van der Waals surface area contributed by atoms with Crippen molar-refractivity contribution in [3.8, 4) is 0 Å². The molecule has 2 heterocycles. The fourth-order valence-corrected chi connectivity index (χ4v) is 3.48. The van der Waals surface area contributed by atoms with Gasteiger partial charge in [-0.15, -0.1) is 0 Å². The number of hydrogen-bond acceptors (Lipinski definition) is 2. The number of nitrogens with zero attached hydrogens (tertiary/aromatic N) is 1. The van der Waals surface area contributed by atoms with Crippen molar-refractivity contribution in [2.75, 3.05) is 13.1 Å². The molecule has 0 bridgehead atoms. The van der Waals surface area contributed by atoms with Crippen molar-refractivity contribution in [1.82, 2.24) is 9.88 Å². The first-order chi connectivity index (χ1) is 9.99. The fraction of sp³-hybridized carbons (Fsp3) is 0.333. The molecule has 2 atom stereocenters. The predicted molar refractivity (Wildman–Crippen MR) is 82.2 cm³/mol. The molecule has 1 amide bonds. The van der Waals surface area contributed by atoms with Gasteiger partial charge in [0.15, 0.2) is 0 Å². The van der Waals surface area contributed by atoms with Gasteiger partial charge in [-0.25, -0.2) is 0 Å². The van der Waals surface area contributed by atoms with Crippen LogP contribution in [0, 0.1) is 11.8 Å². The number of aliphatic carboxylic acids is 1. The summed E-state index contributed by atoms with van der Waals surface area (Å²) in [5.74, 6) is -1.52. The molecule has 0 aliphatic carbocycles. The van der Waals surface area contributed by atoms with Gasteiger partial charge >= 0.3 is 5.97 Å². The number of nitrogens with one attached hydrogen (secondary N) is 1. The normalized spacial score (nSPS) is 21.9. The number of benzene rings is 1. The molecule has 5 nitrogen and oxygen atoms in total. The van der Waals surface area contributed by atoms with E-state index in [9.17, 15) is 9.59 Å². The van der Waals surface area contributed by atoms with E-state index >= 15 is 0 Å². The molecule has 1 aliphatic heterocycles. The summed E-state index contributed by atoms with van der Waals surface area (Å²) in [6.45, 7) is 2.60. The van der Waals surface area contributed by atoms with Crippen LogP contribution in [-0.4, -0.2) is 40.0 Å². The minimum atomic E-state index is -0.839. The third-order valence-corrected chi connectivity index (χ3v) is 4.90. The Bertz CT molecular complexity index is 725. The quantitative estimate of drug-likeness (QED) is 0.874. The smallest absolute Gasteiger partial charge is 0.308 e. The number of likely N-dealkylation sites (tertiary alicyclic amines) is 1. The topological polar surface area (TPSA) is 73.4 Å². The van der Waals surface area contributed by atoms with Gasteiger partial charge in [-0.05, 0) is 27.9 Å². The standard InChI is InChI=1S/C15H15BrN2O3/c1-8-6-18(7-10(8)15(20)21)14(19)13-12(16)9-4-2-3-5-11(9)17-13/h2-5,8,10,17H,6-7H2,1H3,(H,20,21)/t8-,10-/m1/s1. The summed E-state index contributed by atoms with van der Waals surface area (Å²) in [5.41, 5.74) is 1.36. The second-order valence-electron chi connectivity index (χ2n) is 5.49. The molecule has 1 saturated heterocycles. The summed E-state index contributed by atoms with van der Waals surface area (Å²) in [6.07, 6.45) is 0. The molecule has 1 aromatic heterocycles. The van der Waals surface area contributed by atoms with Crippen molar-refractivity contribution in [3.05, 3.63) is 34.4 Å². The molecule has 1 aromatic carbocycles. The monoisotopic (exact) mass is 350 g/mol. The SMILES string of the molecule is C[C@@H]1CN(C(=O)c2[nH]c3ccccc3c2Br)C[C@H]1C(=O)O. The van der Waals surface area contributed by atoms with Crippen LogP contribution in [0.25, 0.3) is 10.9 Å². The third kappa shape index (κ3) is 2.33. The molecule has 3 rings (SSSR count). The lowest BCUT2D eigenvalue weighted by Crippen LogP contribution is -2.30. The highest BCUT2D eigenvalue weighted by Crippen LogP contribution is 2.31. The van der Waals surface area contributed by atoms with E-state index in [0.29, 0.717) is 12.2 Å². The summed E-state index contributed by atoms with van der Waals surface area (Å²) < 4.78 is 0.731. The van der Waals surface area contributed by atoms with Gasteiger partial charge in [0.2, 0.25) is 0 Å².